The van der Waals surface area contributed by atoms with Gasteiger partial charge in [-0.1, -0.05) is 13.8 Å². The van der Waals surface area contributed by atoms with Gasteiger partial charge in [0.2, 0.25) is 5.91 Å². The number of nitrogens with two attached hydrogens (primary N) is 2. The van der Waals surface area contributed by atoms with E-state index < -0.39 is 11.9 Å². The average molecular weight is 264 g/mol. The highest BCUT2D eigenvalue weighted by molar-refractivity contribution is 5.83. The fourth-order valence-electron chi connectivity index (χ4n) is 1.86. The van der Waals surface area contributed by atoms with Crippen molar-refractivity contribution in [3.05, 3.63) is 11.9 Å². The molecular formula is C12H20N6O. The van der Waals surface area contributed by atoms with Crippen LogP contribution in [0.2, 0.25) is 0 Å². The Morgan fingerprint density at radius 3 is 2.47 bits per heavy atom. The zero-order valence-corrected chi connectivity index (χ0v) is 11.2. The molecule has 1 aromatic heterocycles. The van der Waals surface area contributed by atoms with Crippen LogP contribution in [0.4, 0.5) is 11.6 Å². The summed E-state index contributed by atoms with van der Waals surface area (Å²) in [6, 6.07) is 1.21. The van der Waals surface area contributed by atoms with E-state index in [1.54, 1.807) is 6.07 Å². The molecule has 6 N–H and O–H groups in total. The molecule has 1 aromatic rings. The SMILES string of the molecule is CC(C)C(Nc1cc(NN)nc(C2CC2)n1)C(N)=O. The third kappa shape index (κ3) is 3.31. The molecule has 1 heterocycles. The number of amides is 1. The van der Waals surface area contributed by atoms with Crippen LogP contribution in [0.1, 0.15) is 38.4 Å². The van der Waals surface area contributed by atoms with Crippen molar-refractivity contribution in [2.45, 2.75) is 38.6 Å². The van der Waals surface area contributed by atoms with Crippen LogP contribution in [-0.4, -0.2) is 21.9 Å². The van der Waals surface area contributed by atoms with E-state index in [0.717, 1.165) is 18.7 Å². The molecule has 0 saturated heterocycles. The maximum atomic E-state index is 11.4. The number of carbonyl (C=O) groups is 1. The van der Waals surface area contributed by atoms with Gasteiger partial charge in [0.1, 0.15) is 23.5 Å². The zero-order chi connectivity index (χ0) is 14.0. The predicted molar refractivity (Wildman–Crippen MR) is 73.3 cm³/mol. The molecule has 1 aliphatic rings. The molecule has 2 rings (SSSR count). The van der Waals surface area contributed by atoms with E-state index in [4.69, 9.17) is 11.6 Å². The maximum Gasteiger partial charge on any atom is 0.240 e. The topological polar surface area (TPSA) is 119 Å². The Morgan fingerprint density at radius 2 is 2.00 bits per heavy atom. The quantitative estimate of drug-likeness (QED) is 0.440. The summed E-state index contributed by atoms with van der Waals surface area (Å²) < 4.78 is 0. The van der Waals surface area contributed by atoms with Gasteiger partial charge in [0.25, 0.3) is 0 Å². The van der Waals surface area contributed by atoms with Crippen molar-refractivity contribution in [2.75, 3.05) is 10.7 Å². The summed E-state index contributed by atoms with van der Waals surface area (Å²) in [5, 5.41) is 3.05. The number of nitrogens with one attached hydrogen (secondary N) is 2. The summed E-state index contributed by atoms with van der Waals surface area (Å²) in [7, 11) is 0. The lowest BCUT2D eigenvalue weighted by Crippen LogP contribution is -2.39. The molecule has 1 atom stereocenters. The highest BCUT2D eigenvalue weighted by Crippen LogP contribution is 2.38. The van der Waals surface area contributed by atoms with E-state index in [-0.39, 0.29) is 5.92 Å². The minimum atomic E-state index is -0.465. The fourth-order valence-corrected chi connectivity index (χ4v) is 1.86. The number of hydrogen-bond donors (Lipinski definition) is 4. The normalized spacial score (nSPS) is 16.2. The van der Waals surface area contributed by atoms with Gasteiger partial charge in [0.05, 0.1) is 0 Å². The fraction of sp³-hybridized carbons (Fsp3) is 0.583. The van der Waals surface area contributed by atoms with E-state index in [0.29, 0.717) is 17.6 Å². The van der Waals surface area contributed by atoms with Gasteiger partial charge in [-0.05, 0) is 18.8 Å². The van der Waals surface area contributed by atoms with Crippen molar-refractivity contribution >= 4 is 17.5 Å². The number of nitrogens with zero attached hydrogens (tertiary/aromatic N) is 2. The van der Waals surface area contributed by atoms with Gasteiger partial charge >= 0.3 is 0 Å². The molecular weight excluding hydrogens is 244 g/mol. The molecule has 104 valence electrons. The van der Waals surface area contributed by atoms with Crippen LogP contribution in [0.15, 0.2) is 6.07 Å². The van der Waals surface area contributed by atoms with Crippen molar-refractivity contribution in [3.63, 3.8) is 0 Å². The first-order chi connectivity index (χ1) is 9.01. The number of hydrogen-bond acceptors (Lipinski definition) is 6. The highest BCUT2D eigenvalue weighted by atomic mass is 16.1. The lowest BCUT2D eigenvalue weighted by atomic mass is 10.0. The first-order valence-corrected chi connectivity index (χ1v) is 6.42. The van der Waals surface area contributed by atoms with Crippen LogP contribution in [0.5, 0.6) is 0 Å². The van der Waals surface area contributed by atoms with Gasteiger partial charge in [0, 0.05) is 12.0 Å². The van der Waals surface area contributed by atoms with Crippen molar-refractivity contribution in [1.82, 2.24) is 9.97 Å². The van der Waals surface area contributed by atoms with Crippen LogP contribution in [0.25, 0.3) is 0 Å². The molecule has 0 aromatic carbocycles. The molecule has 1 aliphatic carbocycles. The molecule has 19 heavy (non-hydrogen) atoms. The van der Waals surface area contributed by atoms with Crippen LogP contribution < -0.4 is 22.3 Å². The number of aromatic nitrogens is 2. The molecule has 1 unspecified atom stereocenters. The van der Waals surface area contributed by atoms with E-state index in [2.05, 4.69) is 20.7 Å². The Kier molecular flexibility index (Phi) is 3.84. The first kappa shape index (κ1) is 13.5. The number of carbonyl (C=O) groups excluding carboxylic acids is 1. The summed E-state index contributed by atoms with van der Waals surface area (Å²) in [6.45, 7) is 3.85. The molecule has 1 fully saturated rings. The maximum absolute atomic E-state index is 11.4. The molecule has 0 aliphatic heterocycles. The first-order valence-electron chi connectivity index (χ1n) is 6.42. The Balaban J connectivity index is 2.22. The van der Waals surface area contributed by atoms with Gasteiger partial charge in [-0.25, -0.2) is 15.8 Å². The van der Waals surface area contributed by atoms with Gasteiger partial charge < -0.3 is 16.5 Å². The molecule has 0 radical (unpaired) electrons. The largest absolute Gasteiger partial charge is 0.368 e. The van der Waals surface area contributed by atoms with Gasteiger partial charge in [0.15, 0.2) is 0 Å². The zero-order valence-electron chi connectivity index (χ0n) is 11.2. The Labute approximate surface area is 112 Å². The molecule has 0 bridgehead atoms. The third-order valence-electron chi connectivity index (χ3n) is 3.11. The number of nitrogen functional groups attached to an aromatic ring is 1. The summed E-state index contributed by atoms with van der Waals surface area (Å²) in [5.41, 5.74) is 7.90. The third-order valence-corrected chi connectivity index (χ3v) is 3.11. The average Bonchev–Trinajstić information content (AvgIpc) is 3.19. The van der Waals surface area contributed by atoms with Crippen molar-refractivity contribution in [1.29, 1.82) is 0 Å². The van der Waals surface area contributed by atoms with Gasteiger partial charge in [-0.2, -0.15) is 0 Å². The smallest absolute Gasteiger partial charge is 0.240 e. The van der Waals surface area contributed by atoms with Crippen LogP contribution >= 0.6 is 0 Å². The predicted octanol–water partition coefficient (Wildman–Crippen LogP) is 0.561. The number of anilines is 2. The molecule has 0 spiro atoms. The van der Waals surface area contributed by atoms with Crippen LogP contribution in [0.3, 0.4) is 0 Å². The Bertz CT molecular complexity index is 471. The monoisotopic (exact) mass is 264 g/mol. The standard InChI is InChI=1S/C12H20N6O/c1-6(2)10(11(13)19)15-8-5-9(18-14)17-12(16-8)7-3-4-7/h5-7,10H,3-4,14H2,1-2H3,(H2,13,19)(H2,15,16,17,18). The lowest BCUT2D eigenvalue weighted by molar-refractivity contribution is -0.119. The number of hydrazine groups is 1. The molecule has 7 nitrogen and oxygen atoms in total. The summed E-state index contributed by atoms with van der Waals surface area (Å²) >= 11 is 0. The molecule has 1 saturated carbocycles. The second-order valence-electron chi connectivity index (χ2n) is 5.18. The minimum Gasteiger partial charge on any atom is -0.368 e. The van der Waals surface area contributed by atoms with E-state index in [1.165, 1.54) is 0 Å². The van der Waals surface area contributed by atoms with Crippen molar-refractivity contribution in [3.8, 4) is 0 Å². The minimum absolute atomic E-state index is 0.0751. The highest BCUT2D eigenvalue weighted by Gasteiger charge is 2.28. The van der Waals surface area contributed by atoms with Crippen LogP contribution in [0, 0.1) is 5.92 Å². The lowest BCUT2D eigenvalue weighted by Gasteiger charge is -2.20. The summed E-state index contributed by atoms with van der Waals surface area (Å²) in [4.78, 5) is 20.1. The van der Waals surface area contributed by atoms with Crippen molar-refractivity contribution in [2.24, 2.45) is 17.5 Å². The van der Waals surface area contributed by atoms with E-state index in [1.807, 2.05) is 13.8 Å². The van der Waals surface area contributed by atoms with Crippen LogP contribution in [-0.2, 0) is 4.79 Å². The van der Waals surface area contributed by atoms with E-state index >= 15 is 0 Å². The molecule has 7 heteroatoms. The second-order valence-corrected chi connectivity index (χ2v) is 5.18. The van der Waals surface area contributed by atoms with Crippen molar-refractivity contribution < 1.29 is 4.79 Å². The Morgan fingerprint density at radius 1 is 1.37 bits per heavy atom. The van der Waals surface area contributed by atoms with Gasteiger partial charge in [-0.3, -0.25) is 4.79 Å². The second kappa shape index (κ2) is 5.40. The number of primary amides is 1. The number of rotatable bonds is 6. The molecule has 1 amide bonds. The Hall–Kier alpha value is -1.89. The summed E-state index contributed by atoms with van der Waals surface area (Å²) in [5.74, 6) is 7.34. The van der Waals surface area contributed by atoms with E-state index in [9.17, 15) is 4.79 Å². The van der Waals surface area contributed by atoms with Gasteiger partial charge in [-0.15, -0.1) is 0 Å². The summed E-state index contributed by atoms with van der Waals surface area (Å²) in [6.07, 6.45) is 2.19.